The largest absolute Gasteiger partial charge is 0.487 e. The molecule has 1 aromatic heterocycles. The molecule has 0 saturated carbocycles. The first kappa shape index (κ1) is 21.9. The van der Waals surface area contributed by atoms with Crippen LogP contribution in [0.1, 0.15) is 22.5 Å². The van der Waals surface area contributed by atoms with E-state index in [1.807, 2.05) is 68.4 Å². The third-order valence-electron chi connectivity index (χ3n) is 5.70. The number of benzene rings is 2. The summed E-state index contributed by atoms with van der Waals surface area (Å²) in [6, 6.07) is 21.7. The molecule has 2 aliphatic rings. The predicted molar refractivity (Wildman–Crippen MR) is 136 cm³/mol. The lowest BCUT2D eigenvalue weighted by Gasteiger charge is -2.20. The number of hydrazone groups is 1. The Morgan fingerprint density at radius 2 is 1.76 bits per heavy atom. The smallest absolute Gasteiger partial charge is 0.283 e. The summed E-state index contributed by atoms with van der Waals surface area (Å²) in [5, 5.41) is 15.5. The summed E-state index contributed by atoms with van der Waals surface area (Å²) < 4.78 is 7.96. The van der Waals surface area contributed by atoms with Gasteiger partial charge < -0.3 is 9.30 Å². The zero-order valence-electron chi connectivity index (χ0n) is 18.9. The zero-order chi connectivity index (χ0) is 23.7. The second kappa shape index (κ2) is 9.15. The molecule has 0 spiro atoms. The van der Waals surface area contributed by atoms with Gasteiger partial charge in [0.1, 0.15) is 17.4 Å². The molecule has 170 valence electrons. The van der Waals surface area contributed by atoms with E-state index in [1.54, 1.807) is 6.08 Å². The molecule has 5 rings (SSSR count). The molecule has 2 aliphatic heterocycles. The van der Waals surface area contributed by atoms with Crippen LogP contribution in [0.25, 0.3) is 6.08 Å². The maximum absolute atomic E-state index is 12.8. The minimum Gasteiger partial charge on any atom is -0.487 e. The number of fused-ring (bicyclic) bond motifs is 1. The molecule has 0 fully saturated rings. The van der Waals surface area contributed by atoms with E-state index in [-0.39, 0.29) is 18.0 Å². The van der Waals surface area contributed by atoms with Crippen LogP contribution in [0.3, 0.4) is 0 Å². The van der Waals surface area contributed by atoms with Crippen LogP contribution in [0.4, 0.5) is 0 Å². The van der Waals surface area contributed by atoms with Crippen molar-refractivity contribution in [1.82, 2.24) is 9.58 Å². The van der Waals surface area contributed by atoms with Gasteiger partial charge in [0, 0.05) is 17.9 Å². The first-order valence-electron chi connectivity index (χ1n) is 10.9. The Balaban J connectivity index is 1.37. The van der Waals surface area contributed by atoms with Crippen LogP contribution in [0.2, 0.25) is 0 Å². The summed E-state index contributed by atoms with van der Waals surface area (Å²) in [4.78, 5) is 17.0. The van der Waals surface area contributed by atoms with Crippen LogP contribution >= 0.6 is 11.8 Å². The van der Waals surface area contributed by atoms with E-state index in [4.69, 9.17) is 10.1 Å². The Labute approximate surface area is 202 Å². The van der Waals surface area contributed by atoms with Crippen molar-refractivity contribution in [1.29, 1.82) is 5.41 Å². The van der Waals surface area contributed by atoms with Crippen LogP contribution in [-0.2, 0) is 11.3 Å². The molecule has 0 aliphatic carbocycles. The fraction of sp³-hybridized carbons (Fsp3) is 0.154. The quantitative estimate of drug-likeness (QED) is 0.523. The van der Waals surface area contributed by atoms with Crippen molar-refractivity contribution in [3.63, 3.8) is 0 Å². The fourth-order valence-corrected chi connectivity index (χ4v) is 4.69. The Bertz CT molecular complexity index is 1360. The van der Waals surface area contributed by atoms with Gasteiger partial charge in [-0.2, -0.15) is 15.1 Å². The first-order chi connectivity index (χ1) is 16.5. The second-order valence-electron chi connectivity index (χ2n) is 8.01. The third-order valence-corrected chi connectivity index (χ3v) is 6.58. The number of aliphatic imine (C=N–C) groups is 1. The highest BCUT2D eigenvalue weighted by atomic mass is 32.2. The number of hydrogen-bond donors (Lipinski definition) is 1. The van der Waals surface area contributed by atoms with E-state index in [9.17, 15) is 4.79 Å². The molecule has 1 N–H and O–H groups in total. The van der Waals surface area contributed by atoms with Crippen molar-refractivity contribution < 1.29 is 9.53 Å². The van der Waals surface area contributed by atoms with Crippen molar-refractivity contribution in [3.8, 4) is 5.75 Å². The number of para-hydroxylation sites is 1. The number of aromatic nitrogens is 1. The molecule has 0 unspecified atom stereocenters. The van der Waals surface area contributed by atoms with Gasteiger partial charge in [0.25, 0.3) is 5.91 Å². The minimum atomic E-state index is -0.433. The Hall–Kier alpha value is -3.91. The van der Waals surface area contributed by atoms with Crippen LogP contribution in [0.5, 0.6) is 5.75 Å². The number of carbonyl (C=O) groups is 1. The van der Waals surface area contributed by atoms with Gasteiger partial charge in [0.15, 0.2) is 5.84 Å². The Morgan fingerprint density at radius 1 is 1.06 bits per heavy atom. The van der Waals surface area contributed by atoms with E-state index in [0.717, 1.165) is 29.2 Å². The third kappa shape index (κ3) is 4.32. The molecule has 7 nitrogen and oxygen atoms in total. The van der Waals surface area contributed by atoms with Crippen LogP contribution < -0.4 is 4.74 Å². The normalized spacial score (nSPS) is 16.5. The average molecular weight is 470 g/mol. The standard InChI is InChI=1S/C26H23N5O2S/c1-17-13-20(18(2)30(17)15-19-9-5-3-6-10-19)14-22-24(27)31-26(28-25(22)32)34-23(29-31)16-33-21-11-7-4-8-12-21/h3-14,27H,15-16H2,1-2H3/b22-14+,27-24?. The lowest BCUT2D eigenvalue weighted by atomic mass is 10.1. The minimum absolute atomic E-state index is 0.0186. The Morgan fingerprint density at radius 3 is 2.50 bits per heavy atom. The topological polar surface area (TPSA) is 83.0 Å². The maximum atomic E-state index is 12.8. The number of nitrogens with zero attached hydrogens (tertiary/aromatic N) is 4. The van der Waals surface area contributed by atoms with E-state index in [0.29, 0.717) is 10.2 Å². The van der Waals surface area contributed by atoms with E-state index >= 15 is 0 Å². The molecule has 0 atom stereocenters. The van der Waals surface area contributed by atoms with Gasteiger partial charge in [0.2, 0.25) is 5.17 Å². The summed E-state index contributed by atoms with van der Waals surface area (Å²) in [6.07, 6.45) is 1.74. The fourth-order valence-electron chi connectivity index (χ4n) is 3.89. The Kier molecular flexibility index (Phi) is 5.90. The van der Waals surface area contributed by atoms with Crippen LogP contribution in [-0.4, -0.2) is 38.1 Å². The van der Waals surface area contributed by atoms with Gasteiger partial charge in [-0.05, 0) is 61.0 Å². The average Bonchev–Trinajstić information content (AvgIpc) is 3.37. The summed E-state index contributed by atoms with van der Waals surface area (Å²) in [5.41, 5.74) is 4.43. The van der Waals surface area contributed by atoms with Crippen molar-refractivity contribution in [2.45, 2.75) is 20.4 Å². The van der Waals surface area contributed by atoms with Crippen molar-refractivity contribution in [3.05, 3.63) is 94.8 Å². The molecular formula is C26H23N5O2S. The van der Waals surface area contributed by atoms with Crippen molar-refractivity contribution in [2.75, 3.05) is 6.61 Å². The molecule has 1 amide bonds. The number of thioether (sulfide) groups is 1. The SMILES string of the molecule is Cc1cc(/C=C2\C(=N)N3N=C(COc4ccccc4)SC3=NC2=O)c(C)n1Cc1ccccc1. The molecule has 34 heavy (non-hydrogen) atoms. The number of nitrogens with one attached hydrogen (secondary N) is 1. The number of amidine groups is 2. The second-order valence-corrected chi connectivity index (χ2v) is 9.05. The van der Waals surface area contributed by atoms with Crippen molar-refractivity contribution >= 4 is 39.8 Å². The maximum Gasteiger partial charge on any atom is 0.283 e. The van der Waals surface area contributed by atoms with Gasteiger partial charge in [-0.3, -0.25) is 10.2 Å². The summed E-state index contributed by atoms with van der Waals surface area (Å²) in [5.74, 6) is 0.317. The molecule has 0 bridgehead atoms. The van der Waals surface area contributed by atoms with Crippen LogP contribution in [0, 0.1) is 19.3 Å². The molecule has 2 aromatic carbocycles. The monoisotopic (exact) mass is 469 g/mol. The lowest BCUT2D eigenvalue weighted by molar-refractivity contribution is -0.114. The number of aryl methyl sites for hydroxylation is 1. The van der Waals surface area contributed by atoms with Crippen LogP contribution in [0.15, 0.2) is 82.4 Å². The molecule has 0 saturated heterocycles. The van der Waals surface area contributed by atoms with E-state index < -0.39 is 5.91 Å². The van der Waals surface area contributed by atoms with Gasteiger partial charge in [-0.25, -0.2) is 0 Å². The summed E-state index contributed by atoms with van der Waals surface area (Å²) >= 11 is 1.25. The highest BCUT2D eigenvalue weighted by Gasteiger charge is 2.36. The van der Waals surface area contributed by atoms with E-state index in [2.05, 4.69) is 26.8 Å². The highest BCUT2D eigenvalue weighted by molar-refractivity contribution is 8.27. The first-order valence-corrected chi connectivity index (χ1v) is 11.7. The molecule has 0 radical (unpaired) electrons. The van der Waals surface area contributed by atoms with Gasteiger partial charge in [-0.1, -0.05) is 48.5 Å². The van der Waals surface area contributed by atoms with Gasteiger partial charge >= 0.3 is 0 Å². The molecular weight excluding hydrogens is 446 g/mol. The van der Waals surface area contributed by atoms with Gasteiger partial charge in [0.05, 0.1) is 5.57 Å². The highest BCUT2D eigenvalue weighted by Crippen LogP contribution is 2.29. The lowest BCUT2D eigenvalue weighted by Crippen LogP contribution is -2.35. The number of amides is 1. The summed E-state index contributed by atoms with van der Waals surface area (Å²) in [7, 11) is 0. The number of carbonyl (C=O) groups excluding carboxylic acids is 1. The zero-order valence-corrected chi connectivity index (χ0v) is 19.7. The number of hydrogen-bond acceptors (Lipinski definition) is 5. The molecule has 8 heteroatoms. The molecule has 3 heterocycles. The predicted octanol–water partition coefficient (Wildman–Crippen LogP) is 4.85. The molecule has 3 aromatic rings. The number of ether oxygens (including phenoxy) is 1. The van der Waals surface area contributed by atoms with E-state index in [1.165, 1.54) is 22.3 Å². The van der Waals surface area contributed by atoms with Gasteiger partial charge in [-0.15, -0.1) is 0 Å². The summed E-state index contributed by atoms with van der Waals surface area (Å²) in [6.45, 7) is 5.05. The number of rotatable bonds is 6. The van der Waals surface area contributed by atoms with Crippen molar-refractivity contribution in [2.24, 2.45) is 10.1 Å².